The van der Waals surface area contributed by atoms with Crippen molar-refractivity contribution < 1.29 is 0 Å². The number of fused-ring (bicyclic) bond motifs is 7. The largest absolute Gasteiger partial charge is 0.310 e. The van der Waals surface area contributed by atoms with Crippen molar-refractivity contribution in [1.82, 2.24) is 0 Å². The highest BCUT2D eigenvalue weighted by molar-refractivity contribution is 6.05. The fraction of sp³-hybridized carbons (Fsp3) is 0.103. The van der Waals surface area contributed by atoms with Crippen LogP contribution in [0.25, 0.3) is 66.4 Å². The van der Waals surface area contributed by atoms with Gasteiger partial charge in [0.2, 0.25) is 0 Å². The van der Waals surface area contributed by atoms with E-state index in [9.17, 15) is 0 Å². The molecule has 0 spiro atoms. The third-order valence-corrected chi connectivity index (χ3v) is 13.2. The summed E-state index contributed by atoms with van der Waals surface area (Å²) in [7, 11) is 0. The Morgan fingerprint density at radius 3 is 1.73 bits per heavy atom. The van der Waals surface area contributed by atoms with Crippen molar-refractivity contribution in [3.8, 4) is 55.6 Å². The summed E-state index contributed by atoms with van der Waals surface area (Å²) in [6.45, 7) is 9.46. The molecule has 0 saturated heterocycles. The Bertz CT molecular complexity index is 3090. The Labute approximate surface area is 347 Å². The minimum absolute atomic E-state index is 0.0511. The lowest BCUT2D eigenvalue weighted by atomic mass is 9.79. The van der Waals surface area contributed by atoms with Crippen LogP contribution in [0.3, 0.4) is 0 Å². The van der Waals surface area contributed by atoms with Crippen LogP contribution in [0.15, 0.2) is 200 Å². The third kappa shape index (κ3) is 5.45. The van der Waals surface area contributed by atoms with Gasteiger partial charge in [0.05, 0.1) is 5.69 Å². The molecule has 59 heavy (non-hydrogen) atoms. The van der Waals surface area contributed by atoms with Gasteiger partial charge in [-0.3, -0.25) is 0 Å². The molecule has 0 fully saturated rings. The van der Waals surface area contributed by atoms with Crippen LogP contribution in [-0.2, 0) is 10.8 Å². The summed E-state index contributed by atoms with van der Waals surface area (Å²) in [5.41, 5.74) is 21.5. The maximum Gasteiger partial charge on any atom is 0.0546 e. The van der Waals surface area contributed by atoms with Crippen LogP contribution in [0.5, 0.6) is 0 Å². The lowest BCUT2D eigenvalue weighted by Gasteiger charge is -2.30. The standard InChI is InChI=1S/C58H45N/c1-57(2)51-26-12-10-22-47(51)49-34-30-41(37-53(49)57)38-28-32-43(33-29-38)59(54-35-31-39-16-8-9-21-45(39)55(54)40-17-6-5-7-18-40)44-20-14-19-42(36-44)46-24-15-25-50-48-23-11-13-27-52(48)58(3,4)56(46)50/h5-37H,1-4H3. The van der Waals surface area contributed by atoms with Gasteiger partial charge in [-0.1, -0.05) is 191 Å². The topological polar surface area (TPSA) is 3.24 Å². The minimum Gasteiger partial charge on any atom is -0.310 e. The van der Waals surface area contributed by atoms with Crippen molar-refractivity contribution in [2.75, 3.05) is 4.90 Å². The lowest BCUT2D eigenvalue weighted by molar-refractivity contribution is 0.660. The first-order valence-corrected chi connectivity index (χ1v) is 20.8. The van der Waals surface area contributed by atoms with Crippen molar-refractivity contribution in [1.29, 1.82) is 0 Å². The lowest BCUT2D eigenvalue weighted by Crippen LogP contribution is -2.16. The van der Waals surface area contributed by atoms with Crippen LogP contribution < -0.4 is 4.90 Å². The Morgan fingerprint density at radius 2 is 0.932 bits per heavy atom. The average molecular weight is 756 g/mol. The molecule has 0 N–H and O–H groups in total. The quantitative estimate of drug-likeness (QED) is 0.163. The maximum absolute atomic E-state index is 2.47. The Morgan fingerprint density at radius 1 is 0.339 bits per heavy atom. The fourth-order valence-corrected chi connectivity index (χ4v) is 10.4. The van der Waals surface area contributed by atoms with Crippen LogP contribution in [0, 0.1) is 0 Å². The van der Waals surface area contributed by atoms with E-state index in [0.717, 1.165) is 17.1 Å². The normalized spacial score (nSPS) is 14.0. The molecule has 0 unspecified atom stereocenters. The molecule has 0 aliphatic heterocycles. The second kappa shape index (κ2) is 13.3. The first-order chi connectivity index (χ1) is 28.8. The predicted octanol–water partition coefficient (Wildman–Crippen LogP) is 15.9. The number of anilines is 3. The molecule has 1 heteroatoms. The van der Waals surface area contributed by atoms with Crippen molar-refractivity contribution in [3.63, 3.8) is 0 Å². The van der Waals surface area contributed by atoms with E-state index in [1.807, 2.05) is 0 Å². The molecule has 9 aromatic carbocycles. The summed E-state index contributed by atoms with van der Waals surface area (Å²) < 4.78 is 0. The molecule has 0 saturated carbocycles. The van der Waals surface area contributed by atoms with Crippen LogP contribution in [0.1, 0.15) is 49.9 Å². The van der Waals surface area contributed by atoms with E-state index in [1.54, 1.807) is 0 Å². The molecule has 0 atom stereocenters. The summed E-state index contributed by atoms with van der Waals surface area (Å²) in [4.78, 5) is 2.47. The highest BCUT2D eigenvalue weighted by Crippen LogP contribution is 2.53. The highest BCUT2D eigenvalue weighted by atomic mass is 15.1. The van der Waals surface area contributed by atoms with E-state index < -0.39 is 0 Å². The van der Waals surface area contributed by atoms with Gasteiger partial charge in [0, 0.05) is 27.8 Å². The molecule has 282 valence electrons. The van der Waals surface area contributed by atoms with E-state index >= 15 is 0 Å². The van der Waals surface area contributed by atoms with Crippen molar-refractivity contribution >= 4 is 27.8 Å². The molecule has 1 nitrogen and oxygen atoms in total. The third-order valence-electron chi connectivity index (χ3n) is 13.2. The molecule has 11 rings (SSSR count). The number of hydrogen-bond acceptors (Lipinski definition) is 1. The summed E-state index contributed by atoms with van der Waals surface area (Å²) in [6.07, 6.45) is 0. The average Bonchev–Trinajstić information content (AvgIpc) is 3.66. The summed E-state index contributed by atoms with van der Waals surface area (Å²) >= 11 is 0. The van der Waals surface area contributed by atoms with Gasteiger partial charge < -0.3 is 4.90 Å². The summed E-state index contributed by atoms with van der Waals surface area (Å²) in [5.74, 6) is 0. The van der Waals surface area contributed by atoms with Gasteiger partial charge in [-0.15, -0.1) is 0 Å². The zero-order chi connectivity index (χ0) is 39.9. The van der Waals surface area contributed by atoms with E-state index in [4.69, 9.17) is 0 Å². The van der Waals surface area contributed by atoms with Gasteiger partial charge in [0.15, 0.2) is 0 Å². The van der Waals surface area contributed by atoms with Crippen LogP contribution in [-0.4, -0.2) is 0 Å². The van der Waals surface area contributed by atoms with Gasteiger partial charge in [-0.05, 0) is 119 Å². The Hall–Kier alpha value is -6.96. The number of nitrogens with zero attached hydrogens (tertiary/aromatic N) is 1. The second-order valence-electron chi connectivity index (χ2n) is 17.3. The monoisotopic (exact) mass is 755 g/mol. The van der Waals surface area contributed by atoms with Crippen LogP contribution >= 0.6 is 0 Å². The second-order valence-corrected chi connectivity index (χ2v) is 17.3. The fourth-order valence-electron chi connectivity index (χ4n) is 10.4. The van der Waals surface area contributed by atoms with Crippen LogP contribution in [0.4, 0.5) is 17.1 Å². The smallest absolute Gasteiger partial charge is 0.0546 e. The summed E-state index contributed by atoms with van der Waals surface area (Å²) in [5, 5.41) is 2.46. The Balaban J connectivity index is 1.08. The molecule has 0 bridgehead atoms. The zero-order valence-corrected chi connectivity index (χ0v) is 34.0. The Kier molecular flexibility index (Phi) is 7.94. The summed E-state index contributed by atoms with van der Waals surface area (Å²) in [6, 6.07) is 74.3. The molecular formula is C58H45N. The first kappa shape index (κ1) is 35.2. The number of rotatable bonds is 6. The van der Waals surface area contributed by atoms with Crippen molar-refractivity contribution in [2.24, 2.45) is 0 Å². The zero-order valence-electron chi connectivity index (χ0n) is 34.0. The van der Waals surface area contributed by atoms with Crippen LogP contribution in [0.2, 0.25) is 0 Å². The molecular weight excluding hydrogens is 711 g/mol. The highest BCUT2D eigenvalue weighted by Gasteiger charge is 2.38. The van der Waals surface area contributed by atoms with Gasteiger partial charge in [0.1, 0.15) is 0 Å². The minimum atomic E-state index is -0.123. The predicted molar refractivity (Wildman–Crippen MR) is 250 cm³/mol. The maximum atomic E-state index is 2.47. The van der Waals surface area contributed by atoms with E-state index in [2.05, 4.69) is 233 Å². The molecule has 0 heterocycles. The molecule has 9 aromatic rings. The van der Waals surface area contributed by atoms with Gasteiger partial charge in [-0.25, -0.2) is 0 Å². The van der Waals surface area contributed by atoms with Gasteiger partial charge >= 0.3 is 0 Å². The molecule has 2 aliphatic rings. The van der Waals surface area contributed by atoms with E-state index in [0.29, 0.717) is 0 Å². The SMILES string of the molecule is CC1(C)c2ccccc2-c2ccc(-c3ccc(N(c4cccc(-c5cccc6c5C(C)(C)c5ccccc5-6)c4)c4ccc5ccccc5c4-c4ccccc4)cc3)cc21. The molecule has 2 aliphatic carbocycles. The number of hydrogen-bond donors (Lipinski definition) is 0. The van der Waals surface area contributed by atoms with E-state index in [-0.39, 0.29) is 10.8 Å². The first-order valence-electron chi connectivity index (χ1n) is 20.8. The molecule has 0 aromatic heterocycles. The molecule has 0 amide bonds. The van der Waals surface area contributed by atoms with Gasteiger partial charge in [-0.2, -0.15) is 0 Å². The molecule has 0 radical (unpaired) electrons. The van der Waals surface area contributed by atoms with Gasteiger partial charge in [0.25, 0.3) is 0 Å². The van der Waals surface area contributed by atoms with Crippen molar-refractivity contribution in [3.05, 3.63) is 222 Å². The van der Waals surface area contributed by atoms with Crippen molar-refractivity contribution in [2.45, 2.75) is 38.5 Å². The van der Waals surface area contributed by atoms with E-state index in [1.165, 1.54) is 88.7 Å². The number of benzene rings is 9.